The third-order valence-corrected chi connectivity index (χ3v) is 7.70. The number of carbonyl (C=O) groups is 1. The van der Waals surface area contributed by atoms with Crippen LogP contribution in [0.15, 0.2) is 36.4 Å². The molecule has 2 N–H and O–H groups in total. The highest BCUT2D eigenvalue weighted by Crippen LogP contribution is 2.33. The van der Waals surface area contributed by atoms with Gasteiger partial charge in [-0.05, 0) is 105 Å². The van der Waals surface area contributed by atoms with Crippen molar-refractivity contribution in [1.82, 2.24) is 0 Å². The van der Waals surface area contributed by atoms with Crippen LogP contribution in [0.5, 0.6) is 0 Å². The fourth-order valence-electron chi connectivity index (χ4n) is 5.78. The molecule has 0 bridgehead atoms. The predicted octanol–water partition coefficient (Wildman–Crippen LogP) is 5.43. The van der Waals surface area contributed by atoms with Gasteiger partial charge in [0.1, 0.15) is 0 Å². The van der Waals surface area contributed by atoms with Crippen molar-refractivity contribution >= 4 is 17.2 Å². The van der Waals surface area contributed by atoms with E-state index in [2.05, 4.69) is 40.1 Å². The van der Waals surface area contributed by atoms with Crippen LogP contribution in [-0.2, 0) is 12.8 Å². The molecule has 2 aliphatic carbocycles. The van der Waals surface area contributed by atoms with Gasteiger partial charge < -0.3 is 15.5 Å². The zero-order valence-electron chi connectivity index (χ0n) is 19.3. The fourth-order valence-corrected chi connectivity index (χ4v) is 5.78. The van der Waals surface area contributed by atoms with Gasteiger partial charge in [0.15, 0.2) is 5.78 Å². The van der Waals surface area contributed by atoms with E-state index in [9.17, 15) is 4.79 Å². The lowest BCUT2D eigenvalue weighted by Crippen LogP contribution is -2.29. The molecule has 6 rings (SSSR count). The fraction of sp³-hybridized carbons (Fsp3) is 0.536. The number of carbonyl (C=O) groups excluding carboxylic acids is 1. The van der Waals surface area contributed by atoms with Crippen LogP contribution in [-0.4, -0.2) is 32.0 Å². The van der Waals surface area contributed by atoms with E-state index in [0.717, 1.165) is 24.8 Å². The van der Waals surface area contributed by atoms with Crippen LogP contribution in [0, 0.1) is 0 Å². The van der Waals surface area contributed by atoms with Gasteiger partial charge in [0.2, 0.25) is 0 Å². The smallest absolute Gasteiger partial charge is 0.163 e. The maximum absolute atomic E-state index is 11.5. The number of nitrogens with zero attached hydrogens (tertiary/aromatic N) is 2. The minimum atomic E-state index is 0.283. The summed E-state index contributed by atoms with van der Waals surface area (Å²) in [6.07, 6.45) is 12.0. The van der Waals surface area contributed by atoms with E-state index in [0.29, 0.717) is 12.2 Å². The normalized spacial score (nSPS) is 22.3. The van der Waals surface area contributed by atoms with Gasteiger partial charge in [-0.3, -0.25) is 4.79 Å². The summed E-state index contributed by atoms with van der Waals surface area (Å²) in [7, 11) is 0. The summed E-state index contributed by atoms with van der Waals surface area (Å²) < 4.78 is 0. The molecule has 0 amide bonds. The molecule has 1 atom stereocenters. The number of fused-ring (bicyclic) bond motifs is 2. The average Bonchev–Trinajstić information content (AvgIpc) is 3.42. The summed E-state index contributed by atoms with van der Waals surface area (Å²) in [5.41, 5.74) is 13.9. The Morgan fingerprint density at radius 1 is 0.688 bits per heavy atom. The van der Waals surface area contributed by atoms with Crippen LogP contribution in [0.4, 0.5) is 11.4 Å². The third-order valence-electron chi connectivity index (χ3n) is 7.70. The summed E-state index contributed by atoms with van der Waals surface area (Å²) in [5, 5.41) is 0. The lowest BCUT2D eigenvalue weighted by atomic mass is 10.1. The molecule has 1 unspecified atom stereocenters. The van der Waals surface area contributed by atoms with Crippen molar-refractivity contribution in [3.63, 3.8) is 0 Å². The molecule has 2 fully saturated rings. The van der Waals surface area contributed by atoms with Gasteiger partial charge in [-0.25, -0.2) is 0 Å². The summed E-state index contributed by atoms with van der Waals surface area (Å²) in [6.45, 7) is 4.80. The quantitative estimate of drug-likeness (QED) is 0.689. The zero-order chi connectivity index (χ0) is 21.9. The molecule has 0 spiro atoms. The summed E-state index contributed by atoms with van der Waals surface area (Å²) in [5.74, 6) is 0.320. The molecule has 0 radical (unpaired) electrons. The minimum absolute atomic E-state index is 0.283. The summed E-state index contributed by atoms with van der Waals surface area (Å²) in [4.78, 5) is 16.5. The standard InChI is InChI=1S/C14H20N2.C14H17NO/c15-14-7-4-11-10-12(5-6-13(11)14)16-8-2-1-3-9-16;16-14-7-4-11-10-12(5-6-13(11)14)15-8-2-1-3-9-15/h5-6,10,14H,1-4,7-9,15H2;5-6,10H,1-4,7-9H2. The Bertz CT molecular complexity index is 957. The van der Waals surface area contributed by atoms with Crippen LogP contribution in [0.25, 0.3) is 0 Å². The third kappa shape index (κ3) is 4.56. The number of Topliss-reactive ketones (excluding diaryl/α,β-unsaturated/α-hetero) is 1. The number of hydrogen-bond donors (Lipinski definition) is 1. The number of benzene rings is 2. The molecule has 170 valence electrons. The molecule has 4 nitrogen and oxygen atoms in total. The predicted molar refractivity (Wildman–Crippen MR) is 133 cm³/mol. The monoisotopic (exact) mass is 431 g/mol. The van der Waals surface area contributed by atoms with E-state index in [-0.39, 0.29) is 6.04 Å². The Hall–Kier alpha value is -2.33. The molecule has 4 aliphatic rings. The minimum Gasteiger partial charge on any atom is -0.372 e. The average molecular weight is 432 g/mol. The first kappa shape index (κ1) is 21.5. The van der Waals surface area contributed by atoms with Crippen molar-refractivity contribution in [1.29, 1.82) is 0 Å². The second kappa shape index (κ2) is 9.66. The molecule has 2 saturated heterocycles. The molecule has 2 aliphatic heterocycles. The first-order valence-electron chi connectivity index (χ1n) is 12.7. The second-order valence-electron chi connectivity index (χ2n) is 9.89. The van der Waals surface area contributed by atoms with Crippen LogP contribution in [0.3, 0.4) is 0 Å². The highest BCUT2D eigenvalue weighted by molar-refractivity contribution is 6.00. The number of nitrogens with two attached hydrogens (primary N) is 1. The van der Waals surface area contributed by atoms with Crippen LogP contribution in [0.2, 0.25) is 0 Å². The molecule has 4 heteroatoms. The van der Waals surface area contributed by atoms with Gasteiger partial charge >= 0.3 is 0 Å². The maximum atomic E-state index is 11.5. The molecule has 0 aromatic heterocycles. The van der Waals surface area contributed by atoms with Crippen molar-refractivity contribution in [3.8, 4) is 0 Å². The van der Waals surface area contributed by atoms with Gasteiger partial charge in [0, 0.05) is 55.6 Å². The highest BCUT2D eigenvalue weighted by atomic mass is 16.1. The molecule has 2 aromatic carbocycles. The van der Waals surface area contributed by atoms with Gasteiger partial charge in [-0.1, -0.05) is 6.07 Å². The molecule has 2 heterocycles. The van der Waals surface area contributed by atoms with E-state index in [1.54, 1.807) is 0 Å². The van der Waals surface area contributed by atoms with Gasteiger partial charge in [0.25, 0.3) is 0 Å². The largest absolute Gasteiger partial charge is 0.372 e. The Labute approximate surface area is 192 Å². The Kier molecular flexibility index (Phi) is 6.49. The first-order valence-corrected chi connectivity index (χ1v) is 12.7. The molecule has 2 aromatic rings. The topological polar surface area (TPSA) is 49.6 Å². The SMILES string of the molecule is NC1CCc2cc(N3CCCCC3)ccc21.O=C1CCc2cc(N3CCCCC3)ccc21. The number of aryl methyl sites for hydroxylation is 2. The Morgan fingerprint density at radius 2 is 1.28 bits per heavy atom. The lowest BCUT2D eigenvalue weighted by Gasteiger charge is -2.29. The number of hydrogen-bond acceptors (Lipinski definition) is 4. The van der Waals surface area contributed by atoms with Crippen LogP contribution >= 0.6 is 0 Å². The van der Waals surface area contributed by atoms with Crippen molar-refractivity contribution in [2.75, 3.05) is 36.0 Å². The number of rotatable bonds is 2. The van der Waals surface area contributed by atoms with E-state index >= 15 is 0 Å². The Balaban J connectivity index is 0.000000135. The summed E-state index contributed by atoms with van der Waals surface area (Å²) in [6, 6.07) is 13.5. The van der Waals surface area contributed by atoms with E-state index in [1.807, 2.05) is 6.07 Å². The lowest BCUT2D eigenvalue weighted by molar-refractivity contribution is 0.0994. The van der Waals surface area contributed by atoms with Gasteiger partial charge in [0.05, 0.1) is 0 Å². The van der Waals surface area contributed by atoms with Gasteiger partial charge in [-0.15, -0.1) is 0 Å². The first-order chi connectivity index (χ1) is 15.7. The highest BCUT2D eigenvalue weighted by Gasteiger charge is 2.22. The molecule has 32 heavy (non-hydrogen) atoms. The zero-order valence-corrected chi connectivity index (χ0v) is 19.3. The Morgan fingerprint density at radius 3 is 1.94 bits per heavy atom. The van der Waals surface area contributed by atoms with E-state index < -0.39 is 0 Å². The van der Waals surface area contributed by atoms with Crippen LogP contribution < -0.4 is 15.5 Å². The second-order valence-corrected chi connectivity index (χ2v) is 9.89. The molecular formula is C28H37N3O. The molecule has 0 saturated carbocycles. The maximum Gasteiger partial charge on any atom is 0.163 e. The van der Waals surface area contributed by atoms with E-state index in [1.165, 1.54) is 92.8 Å². The van der Waals surface area contributed by atoms with Crippen molar-refractivity contribution in [3.05, 3.63) is 58.7 Å². The van der Waals surface area contributed by atoms with Crippen LogP contribution in [0.1, 0.15) is 84.5 Å². The van der Waals surface area contributed by atoms with E-state index in [4.69, 9.17) is 5.73 Å². The van der Waals surface area contributed by atoms with Crippen molar-refractivity contribution in [2.45, 2.75) is 70.3 Å². The number of piperidine rings is 2. The summed E-state index contributed by atoms with van der Waals surface area (Å²) >= 11 is 0. The number of ketones is 1. The van der Waals surface area contributed by atoms with Crippen molar-refractivity contribution < 1.29 is 4.79 Å². The van der Waals surface area contributed by atoms with Gasteiger partial charge in [-0.2, -0.15) is 0 Å². The molecular weight excluding hydrogens is 394 g/mol. The van der Waals surface area contributed by atoms with Crippen molar-refractivity contribution in [2.24, 2.45) is 5.73 Å². The number of anilines is 2.